The lowest BCUT2D eigenvalue weighted by Crippen LogP contribution is -2.34. The fourth-order valence-electron chi connectivity index (χ4n) is 2.70. The zero-order valence-electron chi connectivity index (χ0n) is 16.8. The van der Waals surface area contributed by atoms with Gasteiger partial charge in [0.15, 0.2) is 5.11 Å². The Labute approximate surface area is 177 Å². The third-order valence-corrected chi connectivity index (χ3v) is 4.26. The van der Waals surface area contributed by atoms with Gasteiger partial charge in [-0.25, -0.2) is 0 Å². The van der Waals surface area contributed by atoms with Gasteiger partial charge in [0, 0.05) is 18.3 Å². The van der Waals surface area contributed by atoms with E-state index in [1.165, 1.54) is 13.3 Å². The standard InChI is InChI=1S/C22H27N3O3S/c1-3-4-5-8-14-28-20-13-7-6-12-19(20)21(27)25-22(29)24-18-11-9-10-17(15-18)23-16(2)26/h6-7,9-13,15H,3-5,8,14H2,1-2H3,(H,23,26)(H2,24,25,27,29). The molecule has 0 saturated carbocycles. The summed E-state index contributed by atoms with van der Waals surface area (Å²) in [5.41, 5.74) is 1.72. The highest BCUT2D eigenvalue weighted by Gasteiger charge is 2.13. The molecule has 0 atom stereocenters. The van der Waals surface area contributed by atoms with E-state index >= 15 is 0 Å². The van der Waals surface area contributed by atoms with E-state index in [4.69, 9.17) is 17.0 Å². The monoisotopic (exact) mass is 413 g/mol. The molecule has 0 aliphatic heterocycles. The maximum atomic E-state index is 12.6. The van der Waals surface area contributed by atoms with Crippen LogP contribution in [0.5, 0.6) is 5.75 Å². The van der Waals surface area contributed by atoms with Crippen molar-refractivity contribution in [1.29, 1.82) is 0 Å². The van der Waals surface area contributed by atoms with Crippen molar-refractivity contribution in [3.8, 4) is 5.75 Å². The topological polar surface area (TPSA) is 79.5 Å². The van der Waals surface area contributed by atoms with Crippen LogP contribution in [0.2, 0.25) is 0 Å². The van der Waals surface area contributed by atoms with Crippen molar-refractivity contribution in [1.82, 2.24) is 5.32 Å². The average molecular weight is 414 g/mol. The second kappa shape index (κ2) is 11.8. The van der Waals surface area contributed by atoms with Crippen LogP contribution in [0.15, 0.2) is 48.5 Å². The molecular weight excluding hydrogens is 386 g/mol. The summed E-state index contributed by atoms with van der Waals surface area (Å²) >= 11 is 5.25. The Morgan fingerprint density at radius 2 is 1.69 bits per heavy atom. The number of thiocarbonyl (C=S) groups is 1. The van der Waals surface area contributed by atoms with Gasteiger partial charge < -0.3 is 15.4 Å². The number of hydrogen-bond acceptors (Lipinski definition) is 4. The van der Waals surface area contributed by atoms with Gasteiger partial charge >= 0.3 is 0 Å². The van der Waals surface area contributed by atoms with Gasteiger partial charge in [-0.1, -0.05) is 44.4 Å². The number of anilines is 2. The minimum Gasteiger partial charge on any atom is -0.493 e. The molecule has 2 rings (SSSR count). The predicted octanol–water partition coefficient (Wildman–Crippen LogP) is 4.73. The Kier molecular flexibility index (Phi) is 9.11. The van der Waals surface area contributed by atoms with Crippen molar-refractivity contribution >= 4 is 40.5 Å². The summed E-state index contributed by atoms with van der Waals surface area (Å²) < 4.78 is 5.79. The summed E-state index contributed by atoms with van der Waals surface area (Å²) in [6.07, 6.45) is 4.40. The van der Waals surface area contributed by atoms with Crippen molar-refractivity contribution < 1.29 is 14.3 Å². The fourth-order valence-corrected chi connectivity index (χ4v) is 2.91. The van der Waals surface area contributed by atoms with E-state index in [-0.39, 0.29) is 16.9 Å². The quantitative estimate of drug-likeness (QED) is 0.409. The molecule has 0 spiro atoms. The lowest BCUT2D eigenvalue weighted by atomic mass is 10.2. The van der Waals surface area contributed by atoms with Crippen LogP contribution in [0.1, 0.15) is 49.9 Å². The van der Waals surface area contributed by atoms with Crippen LogP contribution in [0.4, 0.5) is 11.4 Å². The summed E-state index contributed by atoms with van der Waals surface area (Å²) in [6, 6.07) is 14.2. The molecule has 0 bridgehead atoms. The first-order chi connectivity index (χ1) is 14.0. The maximum absolute atomic E-state index is 12.6. The molecule has 3 N–H and O–H groups in total. The molecule has 0 aliphatic rings. The third kappa shape index (κ3) is 7.91. The van der Waals surface area contributed by atoms with E-state index in [2.05, 4.69) is 22.9 Å². The van der Waals surface area contributed by atoms with Gasteiger partial charge in [0.05, 0.1) is 12.2 Å². The smallest absolute Gasteiger partial charge is 0.261 e. The Morgan fingerprint density at radius 3 is 2.41 bits per heavy atom. The number of carbonyl (C=O) groups is 2. The Balaban J connectivity index is 1.94. The van der Waals surface area contributed by atoms with Gasteiger partial charge in [0.1, 0.15) is 5.75 Å². The van der Waals surface area contributed by atoms with Gasteiger partial charge in [-0.15, -0.1) is 0 Å². The Bertz CT molecular complexity index is 855. The minimum absolute atomic E-state index is 0.160. The number of benzene rings is 2. The van der Waals surface area contributed by atoms with Crippen LogP contribution in [-0.4, -0.2) is 23.5 Å². The molecule has 0 unspecified atom stereocenters. The lowest BCUT2D eigenvalue weighted by Gasteiger charge is -2.13. The van der Waals surface area contributed by atoms with Crippen molar-refractivity contribution in [3.05, 3.63) is 54.1 Å². The predicted molar refractivity (Wildman–Crippen MR) is 121 cm³/mol. The normalized spacial score (nSPS) is 10.1. The second-order valence-corrected chi connectivity index (χ2v) is 6.98. The molecule has 2 aromatic rings. The van der Waals surface area contributed by atoms with Crippen molar-refractivity contribution in [3.63, 3.8) is 0 Å². The van der Waals surface area contributed by atoms with E-state index in [9.17, 15) is 9.59 Å². The molecule has 2 amide bonds. The van der Waals surface area contributed by atoms with Gasteiger partial charge in [-0.2, -0.15) is 0 Å². The van der Waals surface area contributed by atoms with Gasteiger partial charge in [0.25, 0.3) is 5.91 Å². The molecular formula is C22H27N3O3S. The molecule has 0 saturated heterocycles. The number of rotatable bonds is 9. The molecule has 6 nitrogen and oxygen atoms in total. The van der Waals surface area contributed by atoms with Crippen LogP contribution in [-0.2, 0) is 4.79 Å². The Hall–Kier alpha value is -2.93. The first kappa shape index (κ1) is 22.4. The number of amides is 2. The number of unbranched alkanes of at least 4 members (excludes halogenated alkanes) is 3. The zero-order chi connectivity index (χ0) is 21.1. The molecule has 0 aromatic heterocycles. The summed E-state index contributed by atoms with van der Waals surface area (Å²) in [4.78, 5) is 23.8. The first-order valence-electron chi connectivity index (χ1n) is 9.71. The van der Waals surface area contributed by atoms with E-state index < -0.39 is 0 Å². The zero-order valence-corrected chi connectivity index (χ0v) is 17.6. The van der Waals surface area contributed by atoms with Crippen molar-refractivity contribution in [2.24, 2.45) is 0 Å². The highest BCUT2D eigenvalue weighted by molar-refractivity contribution is 7.80. The second-order valence-electron chi connectivity index (χ2n) is 6.58. The van der Waals surface area contributed by atoms with E-state index in [0.717, 1.165) is 19.3 Å². The average Bonchev–Trinajstić information content (AvgIpc) is 2.67. The van der Waals surface area contributed by atoms with Gasteiger partial charge in [0.2, 0.25) is 5.91 Å². The minimum atomic E-state index is -0.343. The molecule has 0 radical (unpaired) electrons. The van der Waals surface area contributed by atoms with Crippen LogP contribution >= 0.6 is 12.2 Å². The molecule has 154 valence electrons. The van der Waals surface area contributed by atoms with Crippen LogP contribution in [0.3, 0.4) is 0 Å². The molecule has 2 aromatic carbocycles. The summed E-state index contributed by atoms with van der Waals surface area (Å²) in [5, 5.41) is 8.48. The van der Waals surface area contributed by atoms with Crippen LogP contribution < -0.4 is 20.7 Å². The molecule has 0 aliphatic carbocycles. The number of ether oxygens (including phenoxy) is 1. The summed E-state index contributed by atoms with van der Waals surface area (Å²) in [5.74, 6) is 0.0333. The molecule has 0 heterocycles. The largest absolute Gasteiger partial charge is 0.493 e. The molecule has 0 fully saturated rings. The number of nitrogens with one attached hydrogen (secondary N) is 3. The van der Waals surface area contributed by atoms with Crippen LogP contribution in [0.25, 0.3) is 0 Å². The van der Waals surface area contributed by atoms with E-state index in [1.54, 1.807) is 42.5 Å². The molecule has 7 heteroatoms. The van der Waals surface area contributed by atoms with Gasteiger partial charge in [-0.3, -0.25) is 14.9 Å². The summed E-state index contributed by atoms with van der Waals surface area (Å²) in [6.45, 7) is 4.17. The highest BCUT2D eigenvalue weighted by atomic mass is 32.1. The fraction of sp³-hybridized carbons (Fsp3) is 0.318. The Morgan fingerprint density at radius 1 is 0.966 bits per heavy atom. The maximum Gasteiger partial charge on any atom is 0.261 e. The van der Waals surface area contributed by atoms with Crippen molar-refractivity contribution in [2.45, 2.75) is 39.5 Å². The van der Waals surface area contributed by atoms with Gasteiger partial charge in [-0.05, 0) is 49.0 Å². The van der Waals surface area contributed by atoms with E-state index in [0.29, 0.717) is 29.3 Å². The third-order valence-electron chi connectivity index (χ3n) is 4.06. The van der Waals surface area contributed by atoms with Crippen molar-refractivity contribution in [2.75, 3.05) is 17.2 Å². The van der Waals surface area contributed by atoms with Crippen LogP contribution in [0, 0.1) is 0 Å². The lowest BCUT2D eigenvalue weighted by molar-refractivity contribution is -0.114. The van der Waals surface area contributed by atoms with E-state index in [1.807, 2.05) is 6.07 Å². The SMILES string of the molecule is CCCCCCOc1ccccc1C(=O)NC(=S)Nc1cccc(NC(C)=O)c1. The number of hydrogen-bond donors (Lipinski definition) is 3. The molecule has 29 heavy (non-hydrogen) atoms. The summed E-state index contributed by atoms with van der Waals surface area (Å²) in [7, 11) is 0. The number of carbonyl (C=O) groups excluding carboxylic acids is 2. The number of para-hydroxylation sites is 1. The first-order valence-corrected chi connectivity index (χ1v) is 10.1. The highest BCUT2D eigenvalue weighted by Crippen LogP contribution is 2.19.